The average Bonchev–Trinajstić information content (AvgIpc) is 3.36. The standard InChI is InChI=1S/C28H41ClN4O3Si/c1-9-18(14-15-36-37(7,8)28(3,4)5)30-27-25-22(12-13-23(25)34)31-26-24(17(2)32-33(26)27)20-11-10-19(35-6)16-21(20)29/h10-11,16,18,23,30,34H,9,12-15H2,1-8H3. The van der Waals surface area contributed by atoms with E-state index in [2.05, 4.69) is 46.1 Å². The molecule has 0 radical (unpaired) electrons. The number of aromatic nitrogens is 3. The number of rotatable bonds is 9. The van der Waals surface area contributed by atoms with E-state index in [-0.39, 0.29) is 11.1 Å². The van der Waals surface area contributed by atoms with Gasteiger partial charge < -0.3 is 19.6 Å². The first-order chi connectivity index (χ1) is 17.4. The summed E-state index contributed by atoms with van der Waals surface area (Å²) in [4.78, 5) is 4.99. The summed E-state index contributed by atoms with van der Waals surface area (Å²) < 4.78 is 13.7. The zero-order chi connectivity index (χ0) is 27.1. The van der Waals surface area contributed by atoms with Gasteiger partial charge in [0.25, 0.3) is 0 Å². The highest BCUT2D eigenvalue weighted by Gasteiger charge is 2.37. The summed E-state index contributed by atoms with van der Waals surface area (Å²) in [6.07, 6.45) is 2.62. The molecule has 3 aromatic rings. The van der Waals surface area contributed by atoms with Gasteiger partial charge in [0.2, 0.25) is 0 Å². The molecule has 0 saturated carbocycles. The van der Waals surface area contributed by atoms with Crippen LogP contribution in [0.4, 0.5) is 5.82 Å². The van der Waals surface area contributed by atoms with Crippen LogP contribution in [0.5, 0.6) is 5.75 Å². The number of fused-ring (bicyclic) bond motifs is 2. The van der Waals surface area contributed by atoms with Crippen LogP contribution in [0.2, 0.25) is 23.2 Å². The molecule has 0 amide bonds. The molecule has 37 heavy (non-hydrogen) atoms. The molecule has 202 valence electrons. The molecule has 2 N–H and O–H groups in total. The van der Waals surface area contributed by atoms with E-state index in [1.165, 1.54) is 0 Å². The van der Waals surface area contributed by atoms with E-state index in [9.17, 15) is 5.11 Å². The fourth-order valence-corrected chi connectivity index (χ4v) is 6.02. The number of nitrogens with zero attached hydrogens (tertiary/aromatic N) is 3. The molecule has 0 spiro atoms. The number of ether oxygens (including phenoxy) is 1. The van der Waals surface area contributed by atoms with Crippen LogP contribution in [0.25, 0.3) is 16.8 Å². The van der Waals surface area contributed by atoms with Crippen LogP contribution in [0.3, 0.4) is 0 Å². The van der Waals surface area contributed by atoms with Crippen LogP contribution < -0.4 is 10.1 Å². The SMILES string of the molecule is CCC(CCO[Si](C)(C)C(C)(C)C)Nc1c2c(nc3c(-c4ccc(OC)cc4Cl)c(C)nn13)CCC2O. The maximum Gasteiger partial charge on any atom is 0.191 e. The Morgan fingerprint density at radius 2 is 2.03 bits per heavy atom. The van der Waals surface area contributed by atoms with Crippen molar-refractivity contribution in [2.75, 3.05) is 19.0 Å². The molecule has 0 bridgehead atoms. The van der Waals surface area contributed by atoms with Crippen molar-refractivity contribution in [3.05, 3.63) is 40.2 Å². The van der Waals surface area contributed by atoms with Crippen molar-refractivity contribution >= 4 is 31.4 Å². The summed E-state index contributed by atoms with van der Waals surface area (Å²) in [5.74, 6) is 1.52. The van der Waals surface area contributed by atoms with Gasteiger partial charge in [0, 0.05) is 23.8 Å². The predicted molar refractivity (Wildman–Crippen MR) is 153 cm³/mol. The number of hydrogen-bond donors (Lipinski definition) is 2. The monoisotopic (exact) mass is 544 g/mol. The molecule has 2 heterocycles. The summed E-state index contributed by atoms with van der Waals surface area (Å²) in [5, 5.41) is 20.3. The number of benzene rings is 1. The van der Waals surface area contributed by atoms with Gasteiger partial charge in [-0.25, -0.2) is 4.98 Å². The number of methoxy groups -OCH3 is 1. The van der Waals surface area contributed by atoms with E-state index in [1.54, 1.807) is 7.11 Å². The van der Waals surface area contributed by atoms with E-state index < -0.39 is 14.4 Å². The quantitative estimate of drug-likeness (QED) is 0.284. The van der Waals surface area contributed by atoms with Crippen LogP contribution in [-0.4, -0.2) is 47.8 Å². The van der Waals surface area contributed by atoms with Gasteiger partial charge in [-0.05, 0) is 68.9 Å². The van der Waals surface area contributed by atoms with Crippen molar-refractivity contribution in [2.45, 2.75) is 90.6 Å². The third-order valence-corrected chi connectivity index (χ3v) is 12.9. The number of anilines is 1. The first-order valence-corrected chi connectivity index (χ1v) is 16.5. The molecule has 7 nitrogen and oxygen atoms in total. The summed E-state index contributed by atoms with van der Waals surface area (Å²) in [6, 6.07) is 5.83. The first kappa shape index (κ1) is 27.9. The topological polar surface area (TPSA) is 80.9 Å². The fourth-order valence-electron chi connectivity index (χ4n) is 4.70. The lowest BCUT2D eigenvalue weighted by atomic mass is 10.1. The molecule has 0 fully saturated rings. The fraction of sp³-hybridized carbons (Fsp3) is 0.571. The second-order valence-electron chi connectivity index (χ2n) is 11.6. The molecule has 1 aromatic carbocycles. The Morgan fingerprint density at radius 3 is 2.65 bits per heavy atom. The number of hydrogen-bond acceptors (Lipinski definition) is 6. The van der Waals surface area contributed by atoms with E-state index >= 15 is 0 Å². The minimum atomic E-state index is -1.82. The number of aliphatic hydroxyl groups excluding tert-OH is 1. The van der Waals surface area contributed by atoms with Gasteiger partial charge in [-0.15, -0.1) is 0 Å². The average molecular weight is 545 g/mol. The molecule has 2 atom stereocenters. The number of aliphatic hydroxyl groups is 1. The third kappa shape index (κ3) is 5.39. The lowest BCUT2D eigenvalue weighted by Crippen LogP contribution is -2.41. The smallest absolute Gasteiger partial charge is 0.191 e. The van der Waals surface area contributed by atoms with Gasteiger partial charge >= 0.3 is 0 Å². The molecule has 2 aromatic heterocycles. The molecule has 1 aliphatic carbocycles. The van der Waals surface area contributed by atoms with E-state index in [0.717, 1.165) is 58.8 Å². The zero-order valence-electron chi connectivity index (χ0n) is 23.4. The summed E-state index contributed by atoms with van der Waals surface area (Å²) in [6.45, 7) is 16.2. The predicted octanol–water partition coefficient (Wildman–Crippen LogP) is 6.95. The van der Waals surface area contributed by atoms with Crippen LogP contribution in [0, 0.1) is 6.92 Å². The molecule has 2 unspecified atom stereocenters. The van der Waals surface area contributed by atoms with Gasteiger partial charge in [0.15, 0.2) is 14.0 Å². The lowest BCUT2D eigenvalue weighted by Gasteiger charge is -2.36. The Hall–Kier alpha value is -2.13. The molecule has 9 heteroatoms. The minimum absolute atomic E-state index is 0.171. The number of nitrogens with one attached hydrogen (secondary N) is 1. The molecule has 0 aliphatic heterocycles. The van der Waals surface area contributed by atoms with Crippen LogP contribution >= 0.6 is 11.6 Å². The van der Waals surface area contributed by atoms with Gasteiger partial charge in [-0.2, -0.15) is 9.61 Å². The lowest BCUT2D eigenvalue weighted by molar-refractivity contribution is 0.180. The molecular weight excluding hydrogens is 504 g/mol. The van der Waals surface area contributed by atoms with Crippen LogP contribution in [-0.2, 0) is 10.8 Å². The van der Waals surface area contributed by atoms with E-state index in [4.69, 9.17) is 30.8 Å². The van der Waals surface area contributed by atoms with Crippen molar-refractivity contribution in [3.8, 4) is 16.9 Å². The van der Waals surface area contributed by atoms with Gasteiger partial charge in [0.1, 0.15) is 11.6 Å². The molecule has 0 saturated heterocycles. The van der Waals surface area contributed by atoms with Gasteiger partial charge in [-0.1, -0.05) is 39.3 Å². The van der Waals surface area contributed by atoms with Crippen molar-refractivity contribution in [3.63, 3.8) is 0 Å². The largest absolute Gasteiger partial charge is 0.497 e. The van der Waals surface area contributed by atoms with Crippen LogP contribution in [0.1, 0.15) is 70.0 Å². The Balaban J connectivity index is 1.72. The summed E-state index contributed by atoms with van der Waals surface area (Å²) >= 11 is 6.67. The molecule has 1 aliphatic rings. The Kier molecular flexibility index (Phi) is 7.96. The third-order valence-electron chi connectivity index (χ3n) is 8.06. The Labute approximate surface area is 226 Å². The van der Waals surface area contributed by atoms with Crippen LogP contribution in [0.15, 0.2) is 18.2 Å². The van der Waals surface area contributed by atoms with Gasteiger partial charge in [-0.3, -0.25) is 0 Å². The number of aryl methyl sites for hydroxylation is 2. The Morgan fingerprint density at radius 1 is 1.30 bits per heavy atom. The van der Waals surface area contributed by atoms with Crippen molar-refractivity contribution < 1.29 is 14.3 Å². The second kappa shape index (κ2) is 10.6. The normalized spacial score (nSPS) is 16.8. The maximum absolute atomic E-state index is 10.9. The summed E-state index contributed by atoms with van der Waals surface area (Å²) in [5.41, 5.74) is 5.10. The minimum Gasteiger partial charge on any atom is -0.497 e. The highest BCUT2D eigenvalue weighted by atomic mass is 35.5. The second-order valence-corrected chi connectivity index (χ2v) is 16.8. The first-order valence-electron chi connectivity index (χ1n) is 13.2. The van der Waals surface area contributed by atoms with Crippen molar-refractivity contribution in [1.29, 1.82) is 0 Å². The van der Waals surface area contributed by atoms with Crippen molar-refractivity contribution in [1.82, 2.24) is 14.6 Å². The van der Waals surface area contributed by atoms with E-state index in [0.29, 0.717) is 23.8 Å². The highest BCUT2D eigenvalue weighted by molar-refractivity contribution is 6.74. The van der Waals surface area contributed by atoms with Gasteiger partial charge in [0.05, 0.1) is 35.2 Å². The zero-order valence-corrected chi connectivity index (χ0v) is 25.2. The van der Waals surface area contributed by atoms with Crippen molar-refractivity contribution in [2.24, 2.45) is 0 Å². The number of halogens is 1. The Bertz CT molecular complexity index is 1280. The van der Waals surface area contributed by atoms with E-state index in [1.807, 2.05) is 29.6 Å². The molecule has 4 rings (SSSR count). The molecular formula is C28H41ClN4O3Si. The maximum atomic E-state index is 10.9. The highest BCUT2D eigenvalue weighted by Crippen LogP contribution is 2.41. The summed E-state index contributed by atoms with van der Waals surface area (Å²) in [7, 11) is -0.192.